The van der Waals surface area contributed by atoms with Crippen LogP contribution in [0.3, 0.4) is 0 Å². The molecular formula is C24H29N3O3S. The van der Waals surface area contributed by atoms with Gasteiger partial charge in [0.1, 0.15) is 11.6 Å². The van der Waals surface area contributed by atoms with E-state index in [0.29, 0.717) is 11.1 Å². The van der Waals surface area contributed by atoms with Crippen LogP contribution in [0.4, 0.5) is 0 Å². The molecule has 3 aromatic rings. The van der Waals surface area contributed by atoms with Crippen LogP contribution in [0.25, 0.3) is 16.5 Å². The van der Waals surface area contributed by atoms with Crippen molar-refractivity contribution in [2.75, 3.05) is 0 Å². The summed E-state index contributed by atoms with van der Waals surface area (Å²) in [6.07, 6.45) is -0.0194. The Morgan fingerprint density at radius 2 is 1.71 bits per heavy atom. The maximum atomic E-state index is 12.8. The van der Waals surface area contributed by atoms with Crippen LogP contribution in [0, 0.1) is 12.8 Å². The van der Waals surface area contributed by atoms with Gasteiger partial charge >= 0.3 is 5.97 Å². The van der Waals surface area contributed by atoms with E-state index in [2.05, 4.69) is 48.3 Å². The molecule has 6 nitrogen and oxygen atoms in total. The van der Waals surface area contributed by atoms with Crippen LogP contribution in [0.2, 0.25) is 0 Å². The van der Waals surface area contributed by atoms with E-state index in [9.17, 15) is 9.59 Å². The lowest BCUT2D eigenvalue weighted by Crippen LogP contribution is -2.31. The average molecular weight is 440 g/mol. The molecule has 0 saturated heterocycles. The van der Waals surface area contributed by atoms with E-state index in [-0.39, 0.29) is 12.2 Å². The molecule has 0 aliphatic rings. The molecule has 2 aromatic carbocycles. The molecule has 1 heterocycles. The number of benzene rings is 2. The van der Waals surface area contributed by atoms with E-state index in [1.54, 1.807) is 6.92 Å². The van der Waals surface area contributed by atoms with Gasteiger partial charge in [0.25, 0.3) is 0 Å². The Bertz CT molecular complexity index is 1130. The van der Waals surface area contributed by atoms with Gasteiger partial charge in [0, 0.05) is 11.8 Å². The smallest absolute Gasteiger partial charge is 0.306 e. The van der Waals surface area contributed by atoms with Gasteiger partial charge in [-0.05, 0) is 43.7 Å². The maximum absolute atomic E-state index is 12.8. The number of carbonyl (C=O) groups is 2. The number of hydrogen-bond donors (Lipinski definition) is 1. The highest BCUT2D eigenvalue weighted by atomic mass is 32.2. The van der Waals surface area contributed by atoms with E-state index in [0.717, 1.165) is 16.9 Å². The van der Waals surface area contributed by atoms with Gasteiger partial charge in [-0.2, -0.15) is 0 Å². The molecule has 1 atom stereocenters. The molecule has 0 bridgehead atoms. The molecule has 0 aliphatic carbocycles. The van der Waals surface area contributed by atoms with Gasteiger partial charge in [0.2, 0.25) is 0 Å². The van der Waals surface area contributed by atoms with Crippen LogP contribution in [0.15, 0.2) is 41.6 Å². The molecule has 0 radical (unpaired) electrons. The van der Waals surface area contributed by atoms with Crippen molar-refractivity contribution in [1.29, 1.82) is 0 Å². The third kappa shape index (κ3) is 4.66. The highest BCUT2D eigenvalue weighted by Crippen LogP contribution is 2.37. The summed E-state index contributed by atoms with van der Waals surface area (Å²) >= 11 is 1.32. The number of Topliss-reactive ketones (excluding diaryl/α,β-unsaturated/α-hetero) is 1. The molecule has 0 spiro atoms. The van der Waals surface area contributed by atoms with Crippen LogP contribution >= 0.6 is 11.8 Å². The van der Waals surface area contributed by atoms with Crippen molar-refractivity contribution in [2.24, 2.45) is 5.92 Å². The fourth-order valence-corrected chi connectivity index (χ4v) is 4.64. The predicted molar refractivity (Wildman–Crippen MR) is 124 cm³/mol. The van der Waals surface area contributed by atoms with Crippen molar-refractivity contribution in [3.05, 3.63) is 47.8 Å². The molecule has 0 saturated carbocycles. The Hall–Kier alpha value is -2.67. The number of carboxylic acids is 1. The molecular weight excluding hydrogens is 410 g/mol. The van der Waals surface area contributed by atoms with Gasteiger partial charge in [0.05, 0.1) is 16.4 Å². The quantitative estimate of drug-likeness (QED) is 0.473. The predicted octanol–water partition coefficient (Wildman–Crippen LogP) is 5.40. The number of ketones is 1. The van der Waals surface area contributed by atoms with E-state index < -0.39 is 16.6 Å². The Balaban J connectivity index is 2.04. The third-order valence-corrected chi connectivity index (χ3v) is 6.71. The van der Waals surface area contributed by atoms with Gasteiger partial charge in [-0.25, -0.2) is 0 Å². The number of fused-ring (bicyclic) bond motifs is 1. The zero-order valence-corrected chi connectivity index (χ0v) is 19.7. The van der Waals surface area contributed by atoms with Crippen molar-refractivity contribution < 1.29 is 14.7 Å². The lowest BCUT2D eigenvalue weighted by atomic mass is 9.95. The minimum atomic E-state index is -0.968. The first-order valence-electron chi connectivity index (χ1n) is 10.4. The molecule has 0 aliphatic heterocycles. The topological polar surface area (TPSA) is 85.1 Å². The summed E-state index contributed by atoms with van der Waals surface area (Å²) in [7, 11) is 0. The minimum absolute atomic E-state index is 0.0194. The standard InChI is InChI=1S/C24H29N3O3S/c1-14(2)17-11-12-20(19-10-8-7-9-18(17)19)27-16(4)25-26-23(27)31-24(5,6)21(28)13-15(3)22(29)30/h7-12,14-15H,13H2,1-6H3,(H,29,30). The first kappa shape index (κ1) is 23.0. The summed E-state index contributed by atoms with van der Waals surface area (Å²) in [5.74, 6) is -0.696. The number of aryl methyl sites for hydroxylation is 1. The summed E-state index contributed by atoms with van der Waals surface area (Å²) in [5.41, 5.74) is 2.24. The van der Waals surface area contributed by atoms with Gasteiger partial charge in [0.15, 0.2) is 5.16 Å². The highest BCUT2D eigenvalue weighted by molar-refractivity contribution is 8.01. The number of nitrogens with zero attached hydrogens (tertiary/aromatic N) is 3. The molecule has 1 N–H and O–H groups in total. The minimum Gasteiger partial charge on any atom is -0.481 e. The molecule has 164 valence electrons. The number of rotatable bonds is 8. The first-order chi connectivity index (χ1) is 14.5. The van der Waals surface area contributed by atoms with E-state index in [1.165, 1.54) is 22.7 Å². The first-order valence-corrected chi connectivity index (χ1v) is 11.2. The second-order valence-corrected chi connectivity index (χ2v) is 10.3. The lowest BCUT2D eigenvalue weighted by molar-refractivity contribution is -0.143. The summed E-state index contributed by atoms with van der Waals surface area (Å²) in [5, 5.41) is 20.7. The highest BCUT2D eigenvalue weighted by Gasteiger charge is 2.33. The van der Waals surface area contributed by atoms with Crippen molar-refractivity contribution in [3.63, 3.8) is 0 Å². The number of aliphatic carboxylic acids is 1. The van der Waals surface area contributed by atoms with Crippen molar-refractivity contribution in [3.8, 4) is 5.69 Å². The van der Waals surface area contributed by atoms with Gasteiger partial charge in [-0.15, -0.1) is 10.2 Å². The van der Waals surface area contributed by atoms with Crippen molar-refractivity contribution >= 4 is 34.3 Å². The van der Waals surface area contributed by atoms with Crippen LogP contribution in [0.1, 0.15) is 58.3 Å². The SMILES string of the molecule is Cc1nnc(SC(C)(C)C(=O)CC(C)C(=O)O)n1-c1ccc(C(C)C)c2ccccc12. The van der Waals surface area contributed by atoms with E-state index in [1.807, 2.05) is 37.5 Å². The Labute approximate surface area is 187 Å². The monoisotopic (exact) mass is 439 g/mol. The summed E-state index contributed by atoms with van der Waals surface area (Å²) < 4.78 is 1.14. The Morgan fingerprint density at radius 1 is 1.06 bits per heavy atom. The number of thioether (sulfide) groups is 1. The van der Waals surface area contributed by atoms with Crippen molar-refractivity contribution in [2.45, 2.75) is 63.8 Å². The van der Waals surface area contributed by atoms with Gasteiger partial charge in [-0.3, -0.25) is 14.2 Å². The number of aromatic nitrogens is 3. The normalized spacial score (nSPS) is 13.0. The molecule has 3 rings (SSSR count). The van der Waals surface area contributed by atoms with Crippen LogP contribution in [-0.4, -0.2) is 36.4 Å². The molecule has 7 heteroatoms. The second kappa shape index (κ2) is 8.83. The number of hydrogen-bond acceptors (Lipinski definition) is 5. The van der Waals surface area contributed by atoms with Crippen LogP contribution in [-0.2, 0) is 9.59 Å². The van der Waals surface area contributed by atoms with Gasteiger partial charge in [-0.1, -0.05) is 62.9 Å². The maximum Gasteiger partial charge on any atom is 0.306 e. The van der Waals surface area contributed by atoms with E-state index >= 15 is 0 Å². The zero-order chi connectivity index (χ0) is 22.9. The molecule has 0 fully saturated rings. The zero-order valence-electron chi connectivity index (χ0n) is 18.8. The summed E-state index contributed by atoms with van der Waals surface area (Å²) in [6.45, 7) is 11.4. The summed E-state index contributed by atoms with van der Waals surface area (Å²) in [6, 6.07) is 12.5. The average Bonchev–Trinajstić information content (AvgIpc) is 3.05. The fourth-order valence-electron chi connectivity index (χ4n) is 3.59. The van der Waals surface area contributed by atoms with Gasteiger partial charge < -0.3 is 5.11 Å². The molecule has 31 heavy (non-hydrogen) atoms. The third-order valence-electron chi connectivity index (χ3n) is 5.52. The lowest BCUT2D eigenvalue weighted by Gasteiger charge is -2.23. The summed E-state index contributed by atoms with van der Waals surface area (Å²) in [4.78, 5) is 24.0. The molecule has 0 amide bonds. The van der Waals surface area contributed by atoms with Crippen LogP contribution < -0.4 is 0 Å². The number of carbonyl (C=O) groups excluding carboxylic acids is 1. The Morgan fingerprint density at radius 3 is 2.32 bits per heavy atom. The molecule has 1 unspecified atom stereocenters. The fraction of sp³-hybridized carbons (Fsp3) is 0.417. The molecule has 1 aromatic heterocycles. The van der Waals surface area contributed by atoms with Crippen molar-refractivity contribution in [1.82, 2.24) is 14.8 Å². The number of carboxylic acid groups (broad SMARTS) is 1. The Kier molecular flexibility index (Phi) is 6.55. The van der Waals surface area contributed by atoms with E-state index in [4.69, 9.17) is 5.11 Å². The second-order valence-electron chi connectivity index (χ2n) is 8.72. The van der Waals surface area contributed by atoms with Crippen LogP contribution in [0.5, 0.6) is 0 Å². The largest absolute Gasteiger partial charge is 0.481 e.